The third-order valence-electron chi connectivity index (χ3n) is 1.82. The second-order valence-electron chi connectivity index (χ2n) is 3.20. The van der Waals surface area contributed by atoms with E-state index in [4.69, 9.17) is 5.11 Å². The number of para-hydroxylation sites is 1. The number of carboxylic acids is 1. The van der Waals surface area contributed by atoms with E-state index in [-0.39, 0.29) is 5.69 Å². The van der Waals surface area contributed by atoms with Crippen molar-refractivity contribution < 1.29 is 23.1 Å². The van der Waals surface area contributed by atoms with Crippen LogP contribution in [-0.4, -0.2) is 30.3 Å². The van der Waals surface area contributed by atoms with Crippen LogP contribution in [0.2, 0.25) is 0 Å². The van der Waals surface area contributed by atoms with E-state index in [1.54, 1.807) is 18.2 Å². The fourth-order valence-corrected chi connectivity index (χ4v) is 1.26. The zero-order valence-corrected chi connectivity index (χ0v) is 8.24. The normalized spacial score (nSPS) is 11.2. The molecule has 1 aromatic rings. The number of halogens is 3. The van der Waals surface area contributed by atoms with E-state index in [2.05, 4.69) is 0 Å². The zero-order chi connectivity index (χ0) is 12.2. The van der Waals surface area contributed by atoms with Crippen LogP contribution in [0.4, 0.5) is 18.9 Å². The number of alkyl halides is 3. The predicted molar refractivity (Wildman–Crippen MR) is 52.3 cm³/mol. The SMILES string of the molecule is O=C(O)CN(CC(F)(F)F)c1ccccc1. The lowest BCUT2D eigenvalue weighted by Crippen LogP contribution is -2.37. The minimum absolute atomic E-state index is 0.238. The summed E-state index contributed by atoms with van der Waals surface area (Å²) in [7, 11) is 0. The maximum absolute atomic E-state index is 12.2. The van der Waals surface area contributed by atoms with Gasteiger partial charge in [-0.2, -0.15) is 13.2 Å². The molecule has 3 nitrogen and oxygen atoms in total. The highest BCUT2D eigenvalue weighted by Crippen LogP contribution is 2.21. The van der Waals surface area contributed by atoms with E-state index in [0.717, 1.165) is 4.90 Å². The Kier molecular flexibility index (Phi) is 3.76. The molecule has 0 atom stereocenters. The van der Waals surface area contributed by atoms with E-state index in [9.17, 15) is 18.0 Å². The molecule has 0 fully saturated rings. The van der Waals surface area contributed by atoms with Crippen LogP contribution < -0.4 is 4.90 Å². The van der Waals surface area contributed by atoms with Crippen LogP contribution in [0.15, 0.2) is 30.3 Å². The Balaban J connectivity index is 2.84. The van der Waals surface area contributed by atoms with Crippen molar-refractivity contribution in [2.45, 2.75) is 6.18 Å². The Bertz CT molecular complexity index is 351. The van der Waals surface area contributed by atoms with Crippen LogP contribution in [0.5, 0.6) is 0 Å². The Morgan fingerprint density at radius 1 is 1.25 bits per heavy atom. The molecule has 0 spiro atoms. The van der Waals surface area contributed by atoms with Crippen LogP contribution in [0.1, 0.15) is 0 Å². The lowest BCUT2D eigenvalue weighted by molar-refractivity contribution is -0.136. The summed E-state index contributed by atoms with van der Waals surface area (Å²) in [5.41, 5.74) is 0.238. The van der Waals surface area contributed by atoms with Gasteiger partial charge in [0.1, 0.15) is 13.1 Å². The molecule has 1 aromatic carbocycles. The van der Waals surface area contributed by atoms with E-state index >= 15 is 0 Å². The van der Waals surface area contributed by atoms with Gasteiger partial charge >= 0.3 is 12.1 Å². The summed E-state index contributed by atoms with van der Waals surface area (Å²) in [4.78, 5) is 11.2. The summed E-state index contributed by atoms with van der Waals surface area (Å²) < 4.78 is 36.6. The van der Waals surface area contributed by atoms with Crippen molar-refractivity contribution in [2.75, 3.05) is 18.0 Å². The van der Waals surface area contributed by atoms with Crippen molar-refractivity contribution in [1.82, 2.24) is 0 Å². The van der Waals surface area contributed by atoms with Gasteiger partial charge in [-0.15, -0.1) is 0 Å². The molecule has 0 unspecified atom stereocenters. The van der Waals surface area contributed by atoms with Gasteiger partial charge in [0.05, 0.1) is 0 Å². The Labute approximate surface area is 90.1 Å². The number of benzene rings is 1. The van der Waals surface area contributed by atoms with Crippen LogP contribution in [0.25, 0.3) is 0 Å². The summed E-state index contributed by atoms with van der Waals surface area (Å²) in [6.07, 6.45) is -4.43. The summed E-state index contributed by atoms with van der Waals surface area (Å²) in [5, 5.41) is 8.53. The van der Waals surface area contributed by atoms with Crippen LogP contribution in [-0.2, 0) is 4.79 Å². The average Bonchev–Trinajstić information content (AvgIpc) is 2.15. The molecule has 0 aliphatic heterocycles. The molecule has 0 bridgehead atoms. The maximum Gasteiger partial charge on any atom is 0.405 e. The Morgan fingerprint density at radius 3 is 2.25 bits per heavy atom. The molecule has 0 radical (unpaired) electrons. The van der Waals surface area contributed by atoms with Gasteiger partial charge in [0, 0.05) is 5.69 Å². The number of anilines is 1. The van der Waals surface area contributed by atoms with Crippen molar-refractivity contribution in [2.24, 2.45) is 0 Å². The molecule has 1 N–H and O–H groups in total. The molecule has 0 aliphatic rings. The zero-order valence-electron chi connectivity index (χ0n) is 8.24. The fraction of sp³-hybridized carbons (Fsp3) is 0.300. The molecule has 6 heteroatoms. The molecule has 16 heavy (non-hydrogen) atoms. The van der Waals surface area contributed by atoms with Crippen molar-refractivity contribution in [3.05, 3.63) is 30.3 Å². The summed E-state index contributed by atoms with van der Waals surface area (Å²) in [6, 6.07) is 7.64. The van der Waals surface area contributed by atoms with E-state index in [0.29, 0.717) is 0 Å². The smallest absolute Gasteiger partial charge is 0.405 e. The summed E-state index contributed by atoms with van der Waals surface area (Å²) in [6.45, 7) is -1.95. The quantitative estimate of drug-likeness (QED) is 0.866. The van der Waals surface area contributed by atoms with Gasteiger partial charge in [-0.3, -0.25) is 4.79 Å². The van der Waals surface area contributed by atoms with Crippen LogP contribution >= 0.6 is 0 Å². The van der Waals surface area contributed by atoms with Gasteiger partial charge in [0.15, 0.2) is 0 Å². The largest absolute Gasteiger partial charge is 0.480 e. The van der Waals surface area contributed by atoms with Crippen LogP contribution in [0, 0.1) is 0 Å². The molecule has 0 saturated carbocycles. The second-order valence-corrected chi connectivity index (χ2v) is 3.20. The molecule has 0 aliphatic carbocycles. The first-order chi connectivity index (χ1) is 7.38. The minimum atomic E-state index is -4.43. The van der Waals surface area contributed by atoms with Gasteiger partial charge < -0.3 is 10.0 Å². The molecule has 0 heterocycles. The lowest BCUT2D eigenvalue weighted by atomic mass is 10.3. The summed E-state index contributed by atoms with van der Waals surface area (Å²) >= 11 is 0. The Hall–Kier alpha value is -1.72. The predicted octanol–water partition coefficient (Wildman–Crippen LogP) is 2.14. The minimum Gasteiger partial charge on any atom is -0.480 e. The molecule has 0 amide bonds. The highest BCUT2D eigenvalue weighted by molar-refractivity contribution is 5.73. The first-order valence-electron chi connectivity index (χ1n) is 4.47. The van der Waals surface area contributed by atoms with E-state index < -0.39 is 25.2 Å². The topological polar surface area (TPSA) is 40.5 Å². The van der Waals surface area contributed by atoms with Gasteiger partial charge in [0.25, 0.3) is 0 Å². The number of hydrogen-bond acceptors (Lipinski definition) is 2. The monoisotopic (exact) mass is 233 g/mol. The highest BCUT2D eigenvalue weighted by atomic mass is 19.4. The fourth-order valence-electron chi connectivity index (χ4n) is 1.26. The van der Waals surface area contributed by atoms with Gasteiger partial charge in [-0.25, -0.2) is 0 Å². The number of nitrogens with zero attached hydrogens (tertiary/aromatic N) is 1. The third kappa shape index (κ3) is 4.20. The number of hydrogen-bond donors (Lipinski definition) is 1. The highest BCUT2D eigenvalue weighted by Gasteiger charge is 2.31. The summed E-state index contributed by atoms with van der Waals surface area (Å²) in [5.74, 6) is -1.30. The number of aliphatic carboxylic acids is 1. The standard InChI is InChI=1S/C10H10F3NO2/c11-10(12,13)7-14(6-9(15)16)8-4-2-1-3-5-8/h1-5H,6-7H2,(H,15,16). The van der Waals surface area contributed by atoms with Crippen LogP contribution in [0.3, 0.4) is 0 Å². The molecule has 0 aromatic heterocycles. The average molecular weight is 233 g/mol. The number of rotatable bonds is 4. The number of carbonyl (C=O) groups is 1. The van der Waals surface area contributed by atoms with E-state index in [1.165, 1.54) is 12.1 Å². The van der Waals surface area contributed by atoms with Crippen molar-refractivity contribution >= 4 is 11.7 Å². The van der Waals surface area contributed by atoms with Crippen molar-refractivity contribution in [3.63, 3.8) is 0 Å². The third-order valence-corrected chi connectivity index (χ3v) is 1.82. The first-order valence-corrected chi connectivity index (χ1v) is 4.47. The molecule has 1 rings (SSSR count). The molecule has 88 valence electrons. The molecular formula is C10H10F3NO2. The second kappa shape index (κ2) is 4.87. The Morgan fingerprint density at radius 2 is 1.81 bits per heavy atom. The van der Waals surface area contributed by atoms with Crippen molar-refractivity contribution in [1.29, 1.82) is 0 Å². The lowest BCUT2D eigenvalue weighted by Gasteiger charge is -2.23. The molecular weight excluding hydrogens is 223 g/mol. The molecule has 0 saturated heterocycles. The maximum atomic E-state index is 12.2. The van der Waals surface area contributed by atoms with Gasteiger partial charge in [0.2, 0.25) is 0 Å². The van der Waals surface area contributed by atoms with Crippen molar-refractivity contribution in [3.8, 4) is 0 Å². The van der Waals surface area contributed by atoms with Gasteiger partial charge in [-0.05, 0) is 12.1 Å². The number of carboxylic acid groups (broad SMARTS) is 1. The first kappa shape index (κ1) is 12.4. The van der Waals surface area contributed by atoms with E-state index in [1.807, 2.05) is 0 Å². The van der Waals surface area contributed by atoms with Gasteiger partial charge in [-0.1, -0.05) is 18.2 Å².